The average molecular weight is 422 g/mol. The Balaban J connectivity index is 1.52. The number of rotatable bonds is 5. The molecular weight excluding hydrogens is 398 g/mol. The Labute approximate surface area is 173 Å². The SMILES string of the molecule is C[C@H]1CCCC[C@H]1NC(=O)NC(=O)CSc1nnc(-c2ccccc2Cl)n1C. The molecule has 7 nitrogen and oxygen atoms in total. The van der Waals surface area contributed by atoms with Crippen molar-refractivity contribution in [2.45, 2.75) is 43.8 Å². The lowest BCUT2D eigenvalue weighted by Crippen LogP contribution is -2.48. The zero-order valence-corrected chi connectivity index (χ0v) is 17.5. The highest BCUT2D eigenvalue weighted by molar-refractivity contribution is 7.99. The van der Waals surface area contributed by atoms with Crippen LogP contribution in [0, 0.1) is 5.92 Å². The number of nitrogens with zero attached hydrogens (tertiary/aromatic N) is 3. The predicted molar refractivity (Wildman–Crippen MR) is 110 cm³/mol. The molecule has 1 heterocycles. The maximum absolute atomic E-state index is 12.1. The molecular formula is C19H24ClN5O2S. The number of thioether (sulfide) groups is 1. The van der Waals surface area contributed by atoms with Crippen molar-refractivity contribution in [1.29, 1.82) is 0 Å². The van der Waals surface area contributed by atoms with Gasteiger partial charge in [-0.3, -0.25) is 10.1 Å². The highest BCUT2D eigenvalue weighted by Crippen LogP contribution is 2.28. The monoisotopic (exact) mass is 421 g/mol. The quantitative estimate of drug-likeness (QED) is 0.719. The first kappa shape index (κ1) is 20.7. The number of carbonyl (C=O) groups excluding carboxylic acids is 2. The minimum atomic E-state index is -0.431. The van der Waals surface area contributed by atoms with Gasteiger partial charge in [0.15, 0.2) is 11.0 Å². The topological polar surface area (TPSA) is 88.9 Å². The number of carbonyl (C=O) groups is 2. The van der Waals surface area contributed by atoms with Gasteiger partial charge in [-0.25, -0.2) is 4.79 Å². The molecule has 1 aromatic heterocycles. The van der Waals surface area contributed by atoms with Crippen LogP contribution in [0.15, 0.2) is 29.4 Å². The van der Waals surface area contributed by atoms with Crippen molar-refractivity contribution in [3.63, 3.8) is 0 Å². The van der Waals surface area contributed by atoms with Crippen LogP contribution in [0.4, 0.5) is 4.79 Å². The molecule has 0 aliphatic heterocycles. The van der Waals surface area contributed by atoms with E-state index in [-0.39, 0.29) is 17.7 Å². The van der Waals surface area contributed by atoms with Crippen molar-refractivity contribution < 1.29 is 9.59 Å². The van der Waals surface area contributed by atoms with E-state index in [2.05, 4.69) is 27.8 Å². The summed E-state index contributed by atoms with van der Waals surface area (Å²) >= 11 is 7.44. The summed E-state index contributed by atoms with van der Waals surface area (Å²) < 4.78 is 1.78. The molecule has 1 fully saturated rings. The number of amides is 3. The third-order valence-corrected chi connectivity index (χ3v) is 6.31. The minimum absolute atomic E-state index is 0.0716. The first-order chi connectivity index (χ1) is 13.5. The number of halogens is 1. The van der Waals surface area contributed by atoms with Crippen LogP contribution in [-0.4, -0.2) is 38.5 Å². The Bertz CT molecular complexity index is 857. The van der Waals surface area contributed by atoms with Crippen molar-refractivity contribution in [3.8, 4) is 11.4 Å². The molecule has 1 aromatic carbocycles. The molecule has 28 heavy (non-hydrogen) atoms. The molecule has 1 saturated carbocycles. The van der Waals surface area contributed by atoms with Gasteiger partial charge < -0.3 is 9.88 Å². The van der Waals surface area contributed by atoms with Gasteiger partial charge >= 0.3 is 6.03 Å². The van der Waals surface area contributed by atoms with Crippen LogP contribution in [-0.2, 0) is 11.8 Å². The lowest BCUT2D eigenvalue weighted by atomic mass is 9.86. The van der Waals surface area contributed by atoms with Crippen LogP contribution in [0.25, 0.3) is 11.4 Å². The molecule has 1 aliphatic rings. The normalized spacial score (nSPS) is 19.2. The van der Waals surface area contributed by atoms with Gasteiger partial charge in [-0.1, -0.05) is 55.3 Å². The zero-order valence-electron chi connectivity index (χ0n) is 15.9. The summed E-state index contributed by atoms with van der Waals surface area (Å²) in [7, 11) is 1.82. The van der Waals surface area contributed by atoms with Gasteiger partial charge in [-0.2, -0.15) is 0 Å². The van der Waals surface area contributed by atoms with Gasteiger partial charge in [0.1, 0.15) is 0 Å². The molecule has 0 unspecified atom stereocenters. The fraction of sp³-hybridized carbons (Fsp3) is 0.474. The van der Waals surface area contributed by atoms with Gasteiger partial charge in [0.05, 0.1) is 10.8 Å². The third kappa shape index (κ3) is 5.05. The number of nitrogens with one attached hydrogen (secondary N) is 2. The lowest BCUT2D eigenvalue weighted by Gasteiger charge is -2.29. The van der Waals surface area contributed by atoms with Crippen molar-refractivity contribution in [2.75, 3.05) is 5.75 Å². The Morgan fingerprint density at radius 1 is 1.25 bits per heavy atom. The van der Waals surface area contributed by atoms with E-state index in [4.69, 9.17) is 11.6 Å². The van der Waals surface area contributed by atoms with Crippen molar-refractivity contribution in [3.05, 3.63) is 29.3 Å². The first-order valence-electron chi connectivity index (χ1n) is 9.33. The van der Waals surface area contributed by atoms with Gasteiger partial charge in [0.25, 0.3) is 0 Å². The number of hydrogen-bond donors (Lipinski definition) is 2. The Hall–Kier alpha value is -2.06. The van der Waals surface area contributed by atoms with E-state index in [0.717, 1.165) is 24.8 Å². The molecule has 0 saturated heterocycles. The summed E-state index contributed by atoms with van der Waals surface area (Å²) in [4.78, 5) is 24.2. The van der Waals surface area contributed by atoms with E-state index in [1.807, 2.05) is 25.2 Å². The number of benzene rings is 1. The smallest absolute Gasteiger partial charge is 0.321 e. The summed E-state index contributed by atoms with van der Waals surface area (Å²) in [5.41, 5.74) is 0.774. The number of hydrogen-bond acceptors (Lipinski definition) is 5. The highest BCUT2D eigenvalue weighted by atomic mass is 35.5. The minimum Gasteiger partial charge on any atom is -0.335 e. The van der Waals surface area contributed by atoms with Crippen LogP contribution >= 0.6 is 23.4 Å². The molecule has 9 heteroatoms. The van der Waals surface area contributed by atoms with E-state index in [1.54, 1.807) is 10.6 Å². The van der Waals surface area contributed by atoms with E-state index in [9.17, 15) is 9.59 Å². The Morgan fingerprint density at radius 2 is 2.00 bits per heavy atom. The molecule has 3 rings (SSSR count). The fourth-order valence-corrected chi connectivity index (χ4v) is 4.28. The maximum Gasteiger partial charge on any atom is 0.321 e. The maximum atomic E-state index is 12.1. The van der Waals surface area contributed by atoms with Crippen molar-refractivity contribution in [1.82, 2.24) is 25.4 Å². The van der Waals surface area contributed by atoms with E-state index in [0.29, 0.717) is 21.9 Å². The van der Waals surface area contributed by atoms with Crippen LogP contribution in [0.3, 0.4) is 0 Å². The van der Waals surface area contributed by atoms with Crippen LogP contribution in [0.1, 0.15) is 32.6 Å². The largest absolute Gasteiger partial charge is 0.335 e. The van der Waals surface area contributed by atoms with Gasteiger partial charge in [0.2, 0.25) is 5.91 Å². The highest BCUT2D eigenvalue weighted by Gasteiger charge is 2.23. The summed E-state index contributed by atoms with van der Waals surface area (Å²) in [5.74, 6) is 0.763. The van der Waals surface area contributed by atoms with Gasteiger partial charge in [-0.15, -0.1) is 10.2 Å². The molecule has 2 atom stereocenters. The second kappa shape index (κ2) is 9.43. The predicted octanol–water partition coefficient (Wildman–Crippen LogP) is 3.63. The van der Waals surface area contributed by atoms with Crippen molar-refractivity contribution in [2.24, 2.45) is 13.0 Å². The van der Waals surface area contributed by atoms with E-state index in [1.165, 1.54) is 18.2 Å². The second-order valence-corrected chi connectivity index (χ2v) is 8.37. The second-order valence-electron chi connectivity index (χ2n) is 7.02. The third-order valence-electron chi connectivity index (χ3n) is 4.96. The summed E-state index contributed by atoms with van der Waals surface area (Å²) in [6, 6.07) is 7.08. The van der Waals surface area contributed by atoms with Crippen LogP contribution < -0.4 is 10.6 Å². The van der Waals surface area contributed by atoms with Crippen LogP contribution in [0.2, 0.25) is 5.02 Å². The van der Waals surface area contributed by atoms with Gasteiger partial charge in [-0.05, 0) is 30.9 Å². The average Bonchev–Trinajstić information content (AvgIpc) is 3.03. The van der Waals surface area contributed by atoms with Gasteiger partial charge in [0, 0.05) is 18.7 Å². The molecule has 1 aliphatic carbocycles. The molecule has 0 bridgehead atoms. The molecule has 2 N–H and O–H groups in total. The Kier molecular flexibility index (Phi) is 6.96. The number of imide groups is 1. The van der Waals surface area contributed by atoms with Crippen LogP contribution in [0.5, 0.6) is 0 Å². The molecule has 0 radical (unpaired) electrons. The van der Waals surface area contributed by atoms with Crippen molar-refractivity contribution >= 4 is 35.3 Å². The number of aromatic nitrogens is 3. The number of urea groups is 1. The first-order valence-corrected chi connectivity index (χ1v) is 10.7. The fourth-order valence-electron chi connectivity index (χ4n) is 3.35. The lowest BCUT2D eigenvalue weighted by molar-refractivity contribution is -0.117. The summed E-state index contributed by atoms with van der Waals surface area (Å²) in [6.07, 6.45) is 4.37. The Morgan fingerprint density at radius 3 is 2.75 bits per heavy atom. The molecule has 0 spiro atoms. The van der Waals surface area contributed by atoms with E-state index < -0.39 is 6.03 Å². The summed E-state index contributed by atoms with van der Waals surface area (Å²) in [5, 5.41) is 14.8. The van der Waals surface area contributed by atoms with E-state index >= 15 is 0 Å². The summed E-state index contributed by atoms with van der Waals surface area (Å²) in [6.45, 7) is 2.13. The molecule has 3 amide bonds. The molecule has 2 aromatic rings. The zero-order chi connectivity index (χ0) is 20.1. The molecule has 150 valence electrons. The standard InChI is InChI=1S/C19H24ClN5O2S/c1-12-7-3-6-10-15(12)21-18(27)22-16(26)11-28-19-24-23-17(25(19)2)13-8-4-5-9-14(13)20/h4-5,8-9,12,15H,3,6-7,10-11H2,1-2H3,(H2,21,22,26,27)/t12-,15+/m0/s1.